The van der Waals surface area contributed by atoms with E-state index in [1.165, 1.54) is 21.3 Å². The Labute approximate surface area is 125 Å². The first-order chi connectivity index (χ1) is 9.93. The van der Waals surface area contributed by atoms with Crippen LogP contribution < -0.4 is 14.2 Å². The minimum atomic E-state index is -5.67. The molecular formula is C10H16O10P2. The van der Waals surface area contributed by atoms with Crippen LogP contribution in [0.3, 0.4) is 0 Å². The Balaban J connectivity index is 3.80. The van der Waals surface area contributed by atoms with Crippen LogP contribution in [-0.2, 0) is 14.2 Å². The van der Waals surface area contributed by atoms with Crippen LogP contribution in [-0.4, -0.2) is 46.0 Å². The van der Waals surface area contributed by atoms with Gasteiger partial charge in [-0.05, 0) is 12.1 Å². The summed E-state index contributed by atoms with van der Waals surface area (Å²) in [5.41, 5.74) is -0.774. The number of methoxy groups -OCH3 is 3. The third-order valence-corrected chi connectivity index (χ3v) is 6.57. The molecule has 12 heteroatoms. The van der Waals surface area contributed by atoms with E-state index in [9.17, 15) is 33.8 Å². The molecule has 5 N–H and O–H groups in total. The second-order valence-electron chi connectivity index (χ2n) is 4.14. The van der Waals surface area contributed by atoms with Gasteiger partial charge in [-0.15, -0.1) is 0 Å². The van der Waals surface area contributed by atoms with Crippen molar-refractivity contribution in [2.75, 3.05) is 21.3 Å². The Morgan fingerprint density at radius 2 is 1.23 bits per heavy atom. The summed E-state index contributed by atoms with van der Waals surface area (Å²) in [6.07, 6.45) is 0. The molecule has 0 heterocycles. The lowest BCUT2D eigenvalue weighted by molar-refractivity contribution is 0.130. The Morgan fingerprint density at radius 3 is 1.45 bits per heavy atom. The van der Waals surface area contributed by atoms with Crippen LogP contribution >= 0.6 is 15.2 Å². The monoisotopic (exact) mass is 358 g/mol. The lowest BCUT2D eigenvalue weighted by Crippen LogP contribution is -2.26. The number of ether oxygens (including phenoxy) is 3. The summed E-state index contributed by atoms with van der Waals surface area (Å²) in [6.45, 7) is 0. The van der Waals surface area contributed by atoms with Gasteiger partial charge >= 0.3 is 15.2 Å². The molecule has 0 radical (unpaired) electrons. The fourth-order valence-electron chi connectivity index (χ4n) is 1.78. The molecule has 0 amide bonds. The van der Waals surface area contributed by atoms with Crippen LogP contribution in [0.15, 0.2) is 12.1 Å². The third-order valence-electron chi connectivity index (χ3n) is 2.86. The van der Waals surface area contributed by atoms with Gasteiger partial charge in [0.15, 0.2) is 11.5 Å². The number of aliphatic hydroxyl groups is 1. The molecule has 22 heavy (non-hydrogen) atoms. The molecule has 126 valence electrons. The van der Waals surface area contributed by atoms with E-state index in [1.54, 1.807) is 0 Å². The quantitative estimate of drug-likeness (QED) is 0.443. The molecule has 0 saturated carbocycles. The van der Waals surface area contributed by atoms with E-state index in [4.69, 9.17) is 14.2 Å². The molecule has 0 saturated heterocycles. The molecule has 1 rings (SSSR count). The maximum atomic E-state index is 11.5. The van der Waals surface area contributed by atoms with Crippen molar-refractivity contribution in [3.63, 3.8) is 0 Å². The Kier molecular flexibility index (Phi) is 5.31. The zero-order chi connectivity index (χ0) is 17.3. The minimum Gasteiger partial charge on any atom is -0.493 e. The van der Waals surface area contributed by atoms with Gasteiger partial charge in [0.1, 0.15) is 0 Å². The highest BCUT2D eigenvalue weighted by atomic mass is 31.2. The van der Waals surface area contributed by atoms with Crippen molar-refractivity contribution in [1.82, 2.24) is 0 Å². The van der Waals surface area contributed by atoms with E-state index >= 15 is 0 Å². The van der Waals surface area contributed by atoms with Gasteiger partial charge < -0.3 is 38.9 Å². The molecule has 1 aromatic rings. The standard InChI is InChI=1S/C10H16O10P2/c1-18-7-4-6(5-8(19-2)9(7)20-3)10(11,21(12,13)14)22(15,16)17/h4-5,11H,1-3H3,(H2,12,13,14)(H2,15,16,17). The maximum absolute atomic E-state index is 11.5. The van der Waals surface area contributed by atoms with Gasteiger partial charge in [0.2, 0.25) is 5.75 Å². The van der Waals surface area contributed by atoms with Crippen molar-refractivity contribution in [3.8, 4) is 17.2 Å². The molecule has 0 aliphatic rings. The Morgan fingerprint density at radius 1 is 0.864 bits per heavy atom. The minimum absolute atomic E-state index is 0.0209. The van der Waals surface area contributed by atoms with Gasteiger partial charge in [-0.1, -0.05) is 0 Å². The lowest BCUT2D eigenvalue weighted by Gasteiger charge is -2.30. The molecular weight excluding hydrogens is 342 g/mol. The average Bonchev–Trinajstić information content (AvgIpc) is 2.42. The predicted octanol–water partition coefficient (Wildman–Crippen LogP) is 0.170. The second-order valence-corrected chi connectivity index (χ2v) is 7.96. The van der Waals surface area contributed by atoms with Crippen LogP contribution in [0, 0.1) is 0 Å². The molecule has 0 unspecified atom stereocenters. The lowest BCUT2D eigenvalue weighted by atomic mass is 10.2. The zero-order valence-corrected chi connectivity index (χ0v) is 13.6. The predicted molar refractivity (Wildman–Crippen MR) is 74.1 cm³/mol. The summed E-state index contributed by atoms with van der Waals surface area (Å²) in [6, 6.07) is 1.69. The zero-order valence-electron chi connectivity index (χ0n) is 11.8. The summed E-state index contributed by atoms with van der Waals surface area (Å²) in [5.74, 6) is -0.262. The highest BCUT2D eigenvalue weighted by Gasteiger charge is 2.61. The summed E-state index contributed by atoms with van der Waals surface area (Å²) >= 11 is 0. The first kappa shape index (κ1) is 18.9. The average molecular weight is 358 g/mol. The Hall–Kier alpha value is -1.12. The fraction of sp³-hybridized carbons (Fsp3) is 0.400. The van der Waals surface area contributed by atoms with E-state index < -0.39 is 25.8 Å². The first-order valence-electron chi connectivity index (χ1n) is 5.58. The number of rotatable bonds is 6. The van der Waals surface area contributed by atoms with Crippen molar-refractivity contribution in [3.05, 3.63) is 17.7 Å². The molecule has 0 atom stereocenters. The van der Waals surface area contributed by atoms with Crippen LogP contribution in [0.4, 0.5) is 0 Å². The van der Waals surface area contributed by atoms with Gasteiger partial charge in [-0.25, -0.2) is 0 Å². The van der Waals surface area contributed by atoms with Crippen molar-refractivity contribution >= 4 is 15.2 Å². The molecule has 0 spiro atoms. The summed E-state index contributed by atoms with van der Waals surface area (Å²) < 4.78 is 37.8. The van der Waals surface area contributed by atoms with E-state index in [-0.39, 0.29) is 17.2 Å². The summed E-state index contributed by atoms with van der Waals surface area (Å²) in [5, 5.41) is 6.34. The van der Waals surface area contributed by atoms with Gasteiger partial charge in [0.25, 0.3) is 5.08 Å². The molecule has 10 nitrogen and oxygen atoms in total. The van der Waals surface area contributed by atoms with Crippen molar-refractivity contribution in [2.45, 2.75) is 5.08 Å². The SMILES string of the molecule is COc1cc(C(O)(P(=O)(O)O)P(=O)(O)O)cc(OC)c1OC. The summed E-state index contributed by atoms with van der Waals surface area (Å²) in [7, 11) is -7.71. The van der Waals surface area contributed by atoms with Crippen LogP contribution in [0.5, 0.6) is 17.2 Å². The van der Waals surface area contributed by atoms with Crippen molar-refractivity contribution in [2.24, 2.45) is 0 Å². The smallest absolute Gasteiger partial charge is 0.374 e. The van der Waals surface area contributed by atoms with Gasteiger partial charge in [-0.3, -0.25) is 9.13 Å². The van der Waals surface area contributed by atoms with Crippen LogP contribution in [0.2, 0.25) is 0 Å². The number of benzene rings is 1. The second kappa shape index (κ2) is 6.17. The van der Waals surface area contributed by atoms with Gasteiger partial charge in [0, 0.05) is 5.56 Å². The highest BCUT2D eigenvalue weighted by molar-refractivity contribution is 7.71. The molecule has 0 aliphatic carbocycles. The summed E-state index contributed by atoms with van der Waals surface area (Å²) in [4.78, 5) is 36.9. The maximum Gasteiger partial charge on any atom is 0.374 e. The van der Waals surface area contributed by atoms with Crippen LogP contribution in [0.25, 0.3) is 0 Å². The third kappa shape index (κ3) is 3.00. The van der Waals surface area contributed by atoms with E-state index in [1.807, 2.05) is 0 Å². The van der Waals surface area contributed by atoms with Crippen molar-refractivity contribution < 1.29 is 48.0 Å². The largest absolute Gasteiger partial charge is 0.493 e. The molecule has 0 bridgehead atoms. The number of hydrogen-bond acceptors (Lipinski definition) is 6. The molecule has 0 aliphatic heterocycles. The molecule has 0 fully saturated rings. The fourth-order valence-corrected chi connectivity index (χ4v) is 4.07. The molecule has 1 aromatic carbocycles. The Bertz CT molecular complexity index is 598. The number of hydrogen-bond donors (Lipinski definition) is 5. The van der Waals surface area contributed by atoms with Gasteiger partial charge in [-0.2, -0.15) is 0 Å². The van der Waals surface area contributed by atoms with Gasteiger partial charge in [0.05, 0.1) is 21.3 Å². The van der Waals surface area contributed by atoms with Crippen molar-refractivity contribution in [1.29, 1.82) is 0 Å². The van der Waals surface area contributed by atoms with Crippen LogP contribution in [0.1, 0.15) is 5.56 Å². The molecule has 0 aromatic heterocycles. The van der Waals surface area contributed by atoms with E-state index in [0.29, 0.717) is 0 Å². The normalized spacial score (nSPS) is 12.9. The van der Waals surface area contributed by atoms with E-state index in [2.05, 4.69) is 0 Å². The highest BCUT2D eigenvalue weighted by Crippen LogP contribution is 2.73. The first-order valence-corrected chi connectivity index (χ1v) is 8.80. The topological polar surface area (TPSA) is 163 Å². The van der Waals surface area contributed by atoms with E-state index in [0.717, 1.165) is 12.1 Å².